The summed E-state index contributed by atoms with van der Waals surface area (Å²) in [5, 5.41) is 24.5. The lowest BCUT2D eigenvalue weighted by atomic mass is 9.90. The van der Waals surface area contributed by atoms with Crippen molar-refractivity contribution in [2.45, 2.75) is 66.2 Å². The number of hydrogen-bond acceptors (Lipinski definition) is 13. The Bertz CT molecular complexity index is 2350. The minimum absolute atomic E-state index is 0.0862. The number of rotatable bonds is 28. The predicted molar refractivity (Wildman–Crippen MR) is 244 cm³/mol. The summed E-state index contributed by atoms with van der Waals surface area (Å²) in [6.07, 6.45) is 12.4. The lowest BCUT2D eigenvalue weighted by Gasteiger charge is -2.13. The smallest absolute Gasteiger partial charge is 0.163 e. The van der Waals surface area contributed by atoms with Gasteiger partial charge in [0.1, 0.15) is 13.2 Å². The van der Waals surface area contributed by atoms with Crippen LogP contribution in [0.5, 0.6) is 11.5 Å². The third-order valence-corrected chi connectivity index (χ3v) is 11.1. The standard InChI is InChI=1S/C48H69N5O10/c1-7-35-36(8-2)40-28-42-38(12-10-14-55)34(4)46(53-42)32-50-44-30-48(63-26-24-61-22-20-59-18-16-57-6)47(62-25-23-60-21-19-58-17-15-56-5)29-43(44)49-31-45-33(3)37(11-9-13-54)41(52-45)27-39(35)51-40/h27-32,35,52-55H,7-26H2,1-6H3/b41-27-,42-28-,45-31-,46-32-,49-43?,50-44?. The minimum Gasteiger partial charge on any atom is -0.487 e. The highest BCUT2D eigenvalue weighted by atomic mass is 16.6. The number of nitrogens with zero attached hydrogens (tertiary/aromatic N) is 3. The molecule has 0 radical (unpaired) electrons. The van der Waals surface area contributed by atoms with Gasteiger partial charge in [0.2, 0.25) is 0 Å². The van der Waals surface area contributed by atoms with Crippen LogP contribution in [0.4, 0.5) is 0 Å². The van der Waals surface area contributed by atoms with Crippen molar-refractivity contribution in [3.05, 3.63) is 77.8 Å². The monoisotopic (exact) mass is 876 g/mol. The highest BCUT2D eigenvalue weighted by Crippen LogP contribution is 2.32. The number of nitrogens with one attached hydrogen (secondary N) is 2. The summed E-state index contributed by atoms with van der Waals surface area (Å²) in [7, 11) is 3.28. The van der Waals surface area contributed by atoms with Crippen molar-refractivity contribution < 1.29 is 48.1 Å². The van der Waals surface area contributed by atoms with Crippen LogP contribution in [0.25, 0.3) is 24.6 Å². The van der Waals surface area contributed by atoms with Gasteiger partial charge in [-0.1, -0.05) is 13.8 Å². The Morgan fingerprint density at radius 1 is 0.587 bits per heavy atom. The average molecular weight is 876 g/mol. The van der Waals surface area contributed by atoms with Crippen molar-refractivity contribution in [3.63, 3.8) is 0 Å². The summed E-state index contributed by atoms with van der Waals surface area (Å²) in [6.45, 7) is 13.7. The number of aromatic nitrogens is 2. The zero-order valence-electron chi connectivity index (χ0n) is 38.2. The van der Waals surface area contributed by atoms with E-state index in [0.29, 0.717) is 114 Å². The fourth-order valence-corrected chi connectivity index (χ4v) is 7.68. The summed E-state index contributed by atoms with van der Waals surface area (Å²) >= 11 is 0. The van der Waals surface area contributed by atoms with Gasteiger partial charge in [-0.3, -0.25) is 15.0 Å². The van der Waals surface area contributed by atoms with Crippen LogP contribution in [0, 0.1) is 19.8 Å². The van der Waals surface area contributed by atoms with E-state index in [0.717, 1.165) is 67.9 Å². The Morgan fingerprint density at radius 2 is 1.03 bits per heavy atom. The molecule has 4 N–H and O–H groups in total. The van der Waals surface area contributed by atoms with Crippen LogP contribution < -0.4 is 41.6 Å². The third kappa shape index (κ3) is 14.3. The molecule has 0 amide bonds. The fraction of sp³-hybridized carbons (Fsp3) is 0.562. The molecule has 0 saturated carbocycles. The Labute approximate surface area is 370 Å². The van der Waals surface area contributed by atoms with Crippen LogP contribution in [0.1, 0.15) is 61.8 Å². The lowest BCUT2D eigenvalue weighted by Crippen LogP contribution is -2.27. The fourth-order valence-electron chi connectivity index (χ4n) is 7.68. The van der Waals surface area contributed by atoms with Crippen LogP contribution in [-0.2, 0) is 41.3 Å². The molecule has 0 aliphatic carbocycles. The molecule has 346 valence electrons. The Morgan fingerprint density at radius 3 is 1.46 bits per heavy atom. The van der Waals surface area contributed by atoms with E-state index in [9.17, 15) is 10.2 Å². The summed E-state index contributed by atoms with van der Waals surface area (Å²) in [6, 6.07) is 3.68. The molecule has 63 heavy (non-hydrogen) atoms. The average Bonchev–Trinajstić information content (AvgIpc) is 3.89. The summed E-state index contributed by atoms with van der Waals surface area (Å²) < 4.78 is 45.3. The van der Waals surface area contributed by atoms with Gasteiger partial charge in [0, 0.05) is 56.2 Å². The number of hydrogen-bond donors (Lipinski definition) is 4. The van der Waals surface area contributed by atoms with Crippen LogP contribution >= 0.6 is 0 Å². The normalized spacial score (nSPS) is 16.9. The Kier molecular flexibility index (Phi) is 21.2. The number of H-pyrrole nitrogens is 2. The van der Waals surface area contributed by atoms with Crippen molar-refractivity contribution in [2.24, 2.45) is 20.9 Å². The van der Waals surface area contributed by atoms with E-state index in [1.165, 1.54) is 5.57 Å². The predicted octanol–water partition coefficient (Wildman–Crippen LogP) is 1.76. The van der Waals surface area contributed by atoms with Crippen molar-refractivity contribution in [3.8, 4) is 11.5 Å². The van der Waals surface area contributed by atoms with E-state index in [1.54, 1.807) is 14.2 Å². The quantitative estimate of drug-likeness (QED) is 0.0786. The maximum atomic E-state index is 9.87. The number of aromatic amines is 2. The van der Waals surface area contributed by atoms with Crippen LogP contribution in [0.3, 0.4) is 0 Å². The minimum atomic E-state index is 0.0862. The molecular formula is C48H69N5O10. The number of benzene rings is 1. The first-order valence-electron chi connectivity index (χ1n) is 22.3. The number of fused-ring (bicyclic) bond motifs is 6. The van der Waals surface area contributed by atoms with Crippen molar-refractivity contribution in [1.82, 2.24) is 9.97 Å². The van der Waals surface area contributed by atoms with E-state index in [2.05, 4.69) is 49.8 Å². The van der Waals surface area contributed by atoms with E-state index < -0.39 is 0 Å². The first kappa shape index (κ1) is 49.6. The topological polar surface area (TPSA) is 183 Å². The van der Waals surface area contributed by atoms with Crippen molar-refractivity contribution >= 4 is 30.3 Å². The van der Waals surface area contributed by atoms with E-state index in [1.807, 2.05) is 24.5 Å². The molecule has 2 aliphatic rings. The molecule has 1 unspecified atom stereocenters. The van der Waals surface area contributed by atoms with Crippen molar-refractivity contribution in [1.29, 1.82) is 0 Å². The lowest BCUT2D eigenvalue weighted by molar-refractivity contribution is 0.0159. The van der Waals surface area contributed by atoms with Crippen molar-refractivity contribution in [2.75, 3.05) is 107 Å². The number of aliphatic hydroxyl groups excluding tert-OH is 2. The van der Waals surface area contributed by atoms with Gasteiger partial charge in [-0.15, -0.1) is 0 Å². The molecule has 4 heterocycles. The SMILES string of the molecule is CCC1=C2/C=c3\[nH]/c(c(C)c3CCCO)=C\N=c3cc(OCCOCCOCCOC)c(OCCOCCOCCOC)cc3=N/C=c3\[nH]/c(c(CCCO)c3C)=C\C(=N2)C1CC. The van der Waals surface area contributed by atoms with Crippen LogP contribution in [-0.4, -0.2) is 133 Å². The molecule has 0 spiro atoms. The number of methoxy groups -OCH3 is 2. The van der Waals surface area contributed by atoms with Gasteiger partial charge in [0.05, 0.1) is 111 Å². The van der Waals surface area contributed by atoms with Gasteiger partial charge in [-0.05, 0) is 92.4 Å². The maximum Gasteiger partial charge on any atom is 0.163 e. The molecule has 15 nitrogen and oxygen atoms in total. The molecule has 6 bridgehead atoms. The molecule has 3 aromatic rings. The van der Waals surface area contributed by atoms with Gasteiger partial charge in [0.15, 0.2) is 11.5 Å². The second-order valence-corrected chi connectivity index (χ2v) is 15.3. The number of aliphatic imine (C=N–C) groups is 1. The number of aliphatic hydroxyl groups is 2. The number of ether oxygens (including phenoxy) is 8. The molecule has 2 aliphatic heterocycles. The zero-order valence-corrected chi connectivity index (χ0v) is 38.2. The zero-order chi connectivity index (χ0) is 44.8. The van der Waals surface area contributed by atoms with E-state index >= 15 is 0 Å². The molecule has 0 saturated heterocycles. The number of allylic oxidation sites excluding steroid dienone is 2. The summed E-state index contributed by atoms with van der Waals surface area (Å²) in [5.74, 6) is 1.13. The van der Waals surface area contributed by atoms with Gasteiger partial charge < -0.3 is 58.1 Å². The van der Waals surface area contributed by atoms with Gasteiger partial charge in [0.25, 0.3) is 0 Å². The summed E-state index contributed by atoms with van der Waals surface area (Å²) in [4.78, 5) is 22.7. The first-order valence-corrected chi connectivity index (χ1v) is 22.3. The Hall–Kier alpha value is -4.45. The first-order chi connectivity index (χ1) is 30.9. The highest BCUT2D eigenvalue weighted by Gasteiger charge is 2.26. The molecule has 1 aromatic carbocycles. The second-order valence-electron chi connectivity index (χ2n) is 15.3. The molecule has 0 fully saturated rings. The van der Waals surface area contributed by atoms with Crippen LogP contribution in [0.15, 0.2) is 38.4 Å². The van der Waals surface area contributed by atoms with Gasteiger partial charge in [-0.25, -0.2) is 0 Å². The molecular weight excluding hydrogens is 807 g/mol. The largest absolute Gasteiger partial charge is 0.487 e. The van der Waals surface area contributed by atoms with E-state index in [4.69, 9.17) is 52.9 Å². The van der Waals surface area contributed by atoms with Gasteiger partial charge in [-0.2, -0.15) is 0 Å². The summed E-state index contributed by atoms with van der Waals surface area (Å²) in [5.41, 5.74) is 7.59. The molecule has 1 atom stereocenters. The highest BCUT2D eigenvalue weighted by molar-refractivity contribution is 6.15. The van der Waals surface area contributed by atoms with E-state index in [-0.39, 0.29) is 32.3 Å². The second kappa shape index (κ2) is 27.0. The molecule has 2 aromatic heterocycles. The molecule has 5 rings (SSSR count). The Balaban J connectivity index is 1.64. The van der Waals surface area contributed by atoms with Gasteiger partial charge >= 0.3 is 0 Å². The third-order valence-electron chi connectivity index (χ3n) is 11.1. The maximum absolute atomic E-state index is 9.87. The van der Waals surface area contributed by atoms with Crippen LogP contribution in [0.2, 0.25) is 0 Å². The molecule has 15 heteroatoms.